The highest BCUT2D eigenvalue weighted by molar-refractivity contribution is 9.10. The van der Waals surface area contributed by atoms with Crippen LogP contribution in [-0.2, 0) is 16.1 Å². The average molecular weight is 492 g/mol. The number of aryl methyl sites for hydroxylation is 1. The highest BCUT2D eigenvalue weighted by Crippen LogP contribution is 2.27. The molecule has 11 heteroatoms. The molecule has 0 radical (unpaired) electrons. The van der Waals surface area contributed by atoms with Crippen LogP contribution in [0, 0.1) is 5.82 Å². The van der Waals surface area contributed by atoms with Crippen LogP contribution in [0.4, 0.5) is 10.2 Å². The van der Waals surface area contributed by atoms with Crippen LogP contribution >= 0.6 is 15.9 Å². The first-order valence-electron chi connectivity index (χ1n) is 9.29. The smallest absolute Gasteiger partial charge is 0.341 e. The molecule has 2 heterocycles. The van der Waals surface area contributed by atoms with Crippen molar-refractivity contribution in [2.24, 2.45) is 0 Å². The van der Waals surface area contributed by atoms with E-state index in [1.54, 1.807) is 24.5 Å². The zero-order valence-electron chi connectivity index (χ0n) is 16.5. The van der Waals surface area contributed by atoms with Gasteiger partial charge in [0.05, 0.1) is 18.2 Å². The first-order valence-corrected chi connectivity index (χ1v) is 10.1. The van der Waals surface area contributed by atoms with E-state index in [1.165, 1.54) is 13.2 Å². The number of rotatable bonds is 10. The van der Waals surface area contributed by atoms with Crippen LogP contribution in [0.3, 0.4) is 0 Å². The lowest BCUT2D eigenvalue weighted by molar-refractivity contribution is -0.105. The third-order valence-electron chi connectivity index (χ3n) is 4.28. The summed E-state index contributed by atoms with van der Waals surface area (Å²) < 4.78 is 26.2. The molecule has 3 aromatic rings. The molecule has 1 aromatic carbocycles. The van der Waals surface area contributed by atoms with Crippen molar-refractivity contribution in [3.05, 3.63) is 52.5 Å². The molecule has 0 saturated heterocycles. The van der Waals surface area contributed by atoms with Crippen molar-refractivity contribution >= 4 is 34.1 Å². The Morgan fingerprint density at radius 1 is 1.32 bits per heavy atom. The molecule has 0 spiro atoms. The van der Waals surface area contributed by atoms with Gasteiger partial charge in [-0.05, 0) is 47.0 Å². The molecule has 31 heavy (non-hydrogen) atoms. The Morgan fingerprint density at radius 3 is 2.94 bits per heavy atom. The SMILES string of the molecule is COC(=O)c1cc(Br)c(F)cc1OCCCCn1cnnc1-c1cccc(NC=O)n1. The molecule has 3 rings (SSSR count). The van der Waals surface area contributed by atoms with Gasteiger partial charge in [-0.3, -0.25) is 4.79 Å². The highest BCUT2D eigenvalue weighted by Gasteiger charge is 2.17. The predicted octanol–water partition coefficient (Wildman–Crippen LogP) is 3.46. The van der Waals surface area contributed by atoms with Gasteiger partial charge in [-0.25, -0.2) is 14.2 Å². The molecule has 0 unspecified atom stereocenters. The van der Waals surface area contributed by atoms with Crippen LogP contribution in [0.25, 0.3) is 11.5 Å². The lowest BCUT2D eigenvalue weighted by Crippen LogP contribution is -2.08. The Balaban J connectivity index is 1.58. The zero-order chi connectivity index (χ0) is 22.2. The molecule has 9 nitrogen and oxygen atoms in total. The summed E-state index contributed by atoms with van der Waals surface area (Å²) >= 11 is 3.05. The van der Waals surface area contributed by atoms with Gasteiger partial charge in [-0.2, -0.15) is 0 Å². The second-order valence-electron chi connectivity index (χ2n) is 6.33. The third kappa shape index (κ3) is 5.63. The highest BCUT2D eigenvalue weighted by atomic mass is 79.9. The maximum atomic E-state index is 13.8. The van der Waals surface area contributed by atoms with E-state index < -0.39 is 11.8 Å². The van der Waals surface area contributed by atoms with Gasteiger partial charge in [-0.15, -0.1) is 10.2 Å². The number of nitrogens with zero attached hydrogens (tertiary/aromatic N) is 4. The number of pyridine rings is 1. The van der Waals surface area contributed by atoms with E-state index >= 15 is 0 Å². The van der Waals surface area contributed by atoms with Crippen molar-refractivity contribution < 1.29 is 23.5 Å². The normalized spacial score (nSPS) is 10.5. The van der Waals surface area contributed by atoms with E-state index in [0.717, 1.165) is 6.07 Å². The van der Waals surface area contributed by atoms with Crippen molar-refractivity contribution in [2.75, 3.05) is 19.0 Å². The number of benzene rings is 1. The number of hydrogen-bond acceptors (Lipinski definition) is 7. The lowest BCUT2D eigenvalue weighted by Gasteiger charge is -2.12. The van der Waals surface area contributed by atoms with E-state index in [2.05, 4.69) is 36.4 Å². The second-order valence-corrected chi connectivity index (χ2v) is 7.18. The molecule has 0 aliphatic rings. The first kappa shape index (κ1) is 22.3. The average Bonchev–Trinajstić information content (AvgIpc) is 3.24. The third-order valence-corrected chi connectivity index (χ3v) is 4.89. The van der Waals surface area contributed by atoms with E-state index in [0.29, 0.717) is 43.1 Å². The molecule has 0 aliphatic heterocycles. The van der Waals surface area contributed by atoms with Crippen molar-refractivity contribution in [1.29, 1.82) is 0 Å². The minimum Gasteiger partial charge on any atom is -0.493 e. The molecule has 1 amide bonds. The summed E-state index contributed by atoms with van der Waals surface area (Å²) in [6, 6.07) is 7.69. The Kier molecular flexibility index (Phi) is 7.65. The number of carbonyl (C=O) groups excluding carboxylic acids is 2. The van der Waals surface area contributed by atoms with E-state index in [4.69, 9.17) is 9.47 Å². The van der Waals surface area contributed by atoms with Gasteiger partial charge in [0.25, 0.3) is 0 Å². The fourth-order valence-electron chi connectivity index (χ4n) is 2.80. The van der Waals surface area contributed by atoms with Crippen LogP contribution in [0.2, 0.25) is 0 Å². The standard InChI is InChI=1S/C20H19BrFN5O4/c1-30-20(29)13-9-14(21)15(22)10-17(13)31-8-3-2-7-27-11-24-26-19(27)16-5-4-6-18(25-16)23-12-28/h4-6,9-12H,2-3,7-8H2,1H3,(H,23,25,28). The first-order chi connectivity index (χ1) is 15.0. The number of unbranched alkanes of at least 4 members (excludes halogenated alkanes) is 1. The minimum absolute atomic E-state index is 0.126. The van der Waals surface area contributed by atoms with Crippen molar-refractivity contribution in [3.8, 4) is 17.3 Å². The van der Waals surface area contributed by atoms with E-state index in [1.807, 2.05) is 4.57 Å². The number of halogens is 2. The Hall–Kier alpha value is -3.34. The molecule has 1 N–H and O–H groups in total. The number of hydrogen-bond donors (Lipinski definition) is 1. The van der Waals surface area contributed by atoms with Gasteiger partial charge in [0.1, 0.15) is 35.0 Å². The van der Waals surface area contributed by atoms with Crippen molar-refractivity contribution in [1.82, 2.24) is 19.7 Å². The number of carbonyl (C=O) groups is 2. The molecule has 0 fully saturated rings. The fourth-order valence-corrected chi connectivity index (χ4v) is 3.14. The summed E-state index contributed by atoms with van der Waals surface area (Å²) in [6.07, 6.45) is 3.50. The lowest BCUT2D eigenvalue weighted by atomic mass is 10.2. The summed E-state index contributed by atoms with van der Waals surface area (Å²) in [7, 11) is 1.25. The van der Waals surface area contributed by atoms with Gasteiger partial charge in [0.2, 0.25) is 6.41 Å². The van der Waals surface area contributed by atoms with Gasteiger partial charge in [-0.1, -0.05) is 6.07 Å². The second kappa shape index (κ2) is 10.6. The van der Waals surface area contributed by atoms with Gasteiger partial charge in [0.15, 0.2) is 5.82 Å². The minimum atomic E-state index is -0.608. The number of nitrogens with one attached hydrogen (secondary N) is 1. The maximum Gasteiger partial charge on any atom is 0.341 e. The fraction of sp³-hybridized carbons (Fsp3) is 0.250. The van der Waals surface area contributed by atoms with Crippen LogP contribution < -0.4 is 10.1 Å². The summed E-state index contributed by atoms with van der Waals surface area (Å²) in [5.41, 5.74) is 0.723. The molecule has 0 bridgehead atoms. The monoisotopic (exact) mass is 491 g/mol. The summed E-state index contributed by atoms with van der Waals surface area (Å²) in [4.78, 5) is 26.8. The molecule has 2 aromatic heterocycles. The number of methoxy groups -OCH3 is 1. The molecule has 0 saturated carbocycles. The molecular weight excluding hydrogens is 473 g/mol. The van der Waals surface area contributed by atoms with Crippen LogP contribution in [0.15, 0.2) is 41.1 Å². The number of amides is 1. The number of aromatic nitrogens is 4. The molecule has 0 aliphatic carbocycles. The number of anilines is 1. The van der Waals surface area contributed by atoms with Gasteiger partial charge in [0, 0.05) is 12.6 Å². The summed E-state index contributed by atoms with van der Waals surface area (Å²) in [5, 5.41) is 10.5. The number of esters is 1. The largest absolute Gasteiger partial charge is 0.493 e. The Bertz CT molecular complexity index is 1080. The van der Waals surface area contributed by atoms with E-state index in [9.17, 15) is 14.0 Å². The Morgan fingerprint density at radius 2 is 2.16 bits per heavy atom. The molecule has 0 atom stereocenters. The molecular formula is C20H19BrFN5O4. The van der Waals surface area contributed by atoms with Gasteiger partial charge >= 0.3 is 5.97 Å². The topological polar surface area (TPSA) is 108 Å². The number of ether oxygens (including phenoxy) is 2. The quantitative estimate of drug-likeness (QED) is 0.262. The zero-order valence-corrected chi connectivity index (χ0v) is 18.1. The summed E-state index contributed by atoms with van der Waals surface area (Å²) in [5.74, 6) is -0.0301. The van der Waals surface area contributed by atoms with Crippen LogP contribution in [-0.4, -0.2) is 45.8 Å². The van der Waals surface area contributed by atoms with Crippen LogP contribution in [0.1, 0.15) is 23.2 Å². The molecule has 162 valence electrons. The Labute approximate surface area is 185 Å². The maximum absolute atomic E-state index is 13.8. The van der Waals surface area contributed by atoms with Crippen molar-refractivity contribution in [3.63, 3.8) is 0 Å². The van der Waals surface area contributed by atoms with Crippen molar-refractivity contribution in [2.45, 2.75) is 19.4 Å². The van der Waals surface area contributed by atoms with Gasteiger partial charge < -0.3 is 19.4 Å². The predicted molar refractivity (Wildman–Crippen MR) is 113 cm³/mol. The summed E-state index contributed by atoms with van der Waals surface area (Å²) in [6.45, 7) is 0.872. The van der Waals surface area contributed by atoms with Crippen LogP contribution in [0.5, 0.6) is 5.75 Å². The van der Waals surface area contributed by atoms with E-state index in [-0.39, 0.29) is 22.4 Å².